The highest BCUT2D eigenvalue weighted by atomic mass is 16.4. The lowest BCUT2D eigenvalue weighted by Gasteiger charge is -2.27. The highest BCUT2D eigenvalue weighted by Crippen LogP contribution is 2.33. The van der Waals surface area contributed by atoms with Crippen LogP contribution in [0.3, 0.4) is 0 Å². The molecule has 0 amide bonds. The average Bonchev–Trinajstić information content (AvgIpc) is 2.25. The number of carbonyl (C=O) groups is 2. The summed E-state index contributed by atoms with van der Waals surface area (Å²) in [6, 6.07) is 0. The van der Waals surface area contributed by atoms with Crippen molar-refractivity contribution in [2.45, 2.75) is 45.6 Å². The predicted molar refractivity (Wildman–Crippen MR) is 65.1 cm³/mol. The van der Waals surface area contributed by atoms with Gasteiger partial charge in [0, 0.05) is 0 Å². The molecule has 3 N–H and O–H groups in total. The first-order chi connectivity index (χ1) is 8.34. The molecule has 1 rings (SSSR count). The largest absolute Gasteiger partial charge is 0.478 e. The van der Waals surface area contributed by atoms with Gasteiger partial charge in [-0.2, -0.15) is 0 Å². The van der Waals surface area contributed by atoms with Gasteiger partial charge < -0.3 is 15.3 Å². The van der Waals surface area contributed by atoms with Crippen LogP contribution in [0.2, 0.25) is 0 Å². The lowest BCUT2D eigenvalue weighted by atomic mass is 9.79. The predicted octanol–water partition coefficient (Wildman–Crippen LogP) is 1.66. The fourth-order valence-electron chi connectivity index (χ4n) is 2.55. The molecule has 0 aromatic heterocycles. The Morgan fingerprint density at radius 1 is 1.00 bits per heavy atom. The standard InChI is InChI=1S/C13H20O5/c1-7(2)10(12(15)16)11(13(17)18)8-3-5-9(14)6-4-8/h7-9,14H,3-6H2,1-2H3,(H,15,16)(H,17,18)/b11-10-/t8-,9+. The molecule has 0 aromatic rings. The van der Waals surface area contributed by atoms with Crippen molar-refractivity contribution in [3.8, 4) is 0 Å². The summed E-state index contributed by atoms with van der Waals surface area (Å²) in [5.74, 6) is -2.91. The van der Waals surface area contributed by atoms with Crippen LogP contribution >= 0.6 is 0 Å². The van der Waals surface area contributed by atoms with Crippen molar-refractivity contribution in [2.24, 2.45) is 11.8 Å². The van der Waals surface area contributed by atoms with E-state index in [0.717, 1.165) is 0 Å². The molecule has 0 heterocycles. The number of aliphatic hydroxyl groups excluding tert-OH is 1. The second-order valence-electron chi connectivity index (χ2n) is 5.10. The maximum Gasteiger partial charge on any atom is 0.332 e. The zero-order valence-corrected chi connectivity index (χ0v) is 10.7. The molecule has 1 aliphatic carbocycles. The van der Waals surface area contributed by atoms with Crippen LogP contribution in [0.15, 0.2) is 11.1 Å². The minimum Gasteiger partial charge on any atom is -0.478 e. The number of hydrogen-bond donors (Lipinski definition) is 3. The van der Waals surface area contributed by atoms with Crippen molar-refractivity contribution in [3.05, 3.63) is 11.1 Å². The number of carboxylic acid groups (broad SMARTS) is 2. The molecule has 102 valence electrons. The highest BCUT2D eigenvalue weighted by Gasteiger charge is 2.31. The van der Waals surface area contributed by atoms with E-state index in [9.17, 15) is 24.9 Å². The van der Waals surface area contributed by atoms with Crippen molar-refractivity contribution >= 4 is 11.9 Å². The Morgan fingerprint density at radius 3 is 1.83 bits per heavy atom. The van der Waals surface area contributed by atoms with Gasteiger partial charge in [0.2, 0.25) is 0 Å². The Labute approximate surface area is 106 Å². The molecule has 0 aliphatic heterocycles. The summed E-state index contributed by atoms with van der Waals surface area (Å²) in [4.78, 5) is 22.6. The van der Waals surface area contributed by atoms with Gasteiger partial charge in [0.1, 0.15) is 0 Å². The van der Waals surface area contributed by atoms with Gasteiger partial charge >= 0.3 is 11.9 Å². The number of aliphatic carboxylic acids is 2. The van der Waals surface area contributed by atoms with Crippen LogP contribution < -0.4 is 0 Å². The Hall–Kier alpha value is -1.36. The van der Waals surface area contributed by atoms with Gasteiger partial charge in [0.15, 0.2) is 0 Å². The molecular weight excluding hydrogens is 236 g/mol. The van der Waals surface area contributed by atoms with Crippen molar-refractivity contribution in [2.75, 3.05) is 0 Å². The zero-order valence-electron chi connectivity index (χ0n) is 10.7. The summed E-state index contributed by atoms with van der Waals surface area (Å²) in [6.45, 7) is 3.37. The first kappa shape index (κ1) is 14.7. The minimum absolute atomic E-state index is 0.0103. The van der Waals surface area contributed by atoms with E-state index in [4.69, 9.17) is 0 Å². The van der Waals surface area contributed by atoms with E-state index in [0.29, 0.717) is 25.7 Å². The van der Waals surface area contributed by atoms with Crippen LogP contribution in [0.4, 0.5) is 0 Å². The maximum atomic E-state index is 11.3. The Balaban J connectivity index is 3.11. The minimum atomic E-state index is -1.16. The lowest BCUT2D eigenvalue weighted by molar-refractivity contribution is -0.137. The molecule has 0 atom stereocenters. The van der Waals surface area contributed by atoms with E-state index in [2.05, 4.69) is 0 Å². The number of hydrogen-bond acceptors (Lipinski definition) is 3. The number of carboxylic acids is 2. The molecular formula is C13H20O5. The van der Waals surface area contributed by atoms with Crippen molar-refractivity contribution in [1.29, 1.82) is 0 Å². The van der Waals surface area contributed by atoms with Gasteiger partial charge in [0.25, 0.3) is 0 Å². The third-order valence-electron chi connectivity index (χ3n) is 3.43. The SMILES string of the molecule is CC(C)/C(C(=O)O)=C(/C(=O)O)[C@H]1CC[C@@H](O)CC1. The molecule has 18 heavy (non-hydrogen) atoms. The lowest BCUT2D eigenvalue weighted by Crippen LogP contribution is -2.26. The monoisotopic (exact) mass is 256 g/mol. The topological polar surface area (TPSA) is 94.8 Å². The molecule has 1 aliphatic rings. The second kappa shape index (κ2) is 6.00. The summed E-state index contributed by atoms with van der Waals surface area (Å²) in [5.41, 5.74) is 0.00768. The fourth-order valence-corrected chi connectivity index (χ4v) is 2.55. The molecule has 0 bridgehead atoms. The summed E-state index contributed by atoms with van der Waals surface area (Å²) in [7, 11) is 0. The molecule has 0 aromatic carbocycles. The summed E-state index contributed by atoms with van der Waals surface area (Å²) in [6.07, 6.45) is 1.75. The Morgan fingerprint density at radius 2 is 1.50 bits per heavy atom. The second-order valence-corrected chi connectivity index (χ2v) is 5.10. The van der Waals surface area contributed by atoms with Gasteiger partial charge in [-0.15, -0.1) is 0 Å². The van der Waals surface area contributed by atoms with Crippen LogP contribution in [0.5, 0.6) is 0 Å². The van der Waals surface area contributed by atoms with Gasteiger partial charge in [0.05, 0.1) is 17.3 Å². The van der Waals surface area contributed by atoms with Crippen LogP contribution in [0.1, 0.15) is 39.5 Å². The number of aliphatic hydroxyl groups is 1. The van der Waals surface area contributed by atoms with Gasteiger partial charge in [-0.25, -0.2) is 9.59 Å². The summed E-state index contributed by atoms with van der Waals surface area (Å²) < 4.78 is 0. The smallest absolute Gasteiger partial charge is 0.332 e. The molecule has 1 fully saturated rings. The molecule has 5 nitrogen and oxygen atoms in total. The van der Waals surface area contributed by atoms with Gasteiger partial charge in [-0.3, -0.25) is 0 Å². The van der Waals surface area contributed by atoms with Crippen molar-refractivity contribution in [3.63, 3.8) is 0 Å². The quantitative estimate of drug-likeness (QED) is 0.665. The van der Waals surface area contributed by atoms with E-state index < -0.39 is 11.9 Å². The molecule has 0 unspecified atom stereocenters. The average molecular weight is 256 g/mol. The maximum absolute atomic E-state index is 11.3. The van der Waals surface area contributed by atoms with E-state index in [1.54, 1.807) is 13.8 Å². The summed E-state index contributed by atoms with van der Waals surface area (Å²) >= 11 is 0. The Kier molecular flexibility index (Phi) is 4.90. The van der Waals surface area contributed by atoms with E-state index in [1.165, 1.54) is 0 Å². The van der Waals surface area contributed by atoms with Gasteiger partial charge in [-0.05, 0) is 37.5 Å². The van der Waals surface area contributed by atoms with Crippen molar-refractivity contribution < 1.29 is 24.9 Å². The van der Waals surface area contributed by atoms with Crippen LogP contribution in [0.25, 0.3) is 0 Å². The van der Waals surface area contributed by atoms with Crippen LogP contribution in [-0.2, 0) is 9.59 Å². The molecule has 0 spiro atoms. The van der Waals surface area contributed by atoms with Crippen LogP contribution in [-0.4, -0.2) is 33.4 Å². The molecule has 1 saturated carbocycles. The third kappa shape index (κ3) is 3.32. The Bertz CT molecular complexity index is 362. The highest BCUT2D eigenvalue weighted by molar-refractivity contribution is 5.99. The van der Waals surface area contributed by atoms with Gasteiger partial charge in [-0.1, -0.05) is 13.8 Å². The summed E-state index contributed by atoms with van der Waals surface area (Å²) in [5, 5.41) is 27.9. The zero-order chi connectivity index (χ0) is 13.9. The normalized spacial score (nSPS) is 25.8. The van der Waals surface area contributed by atoms with Crippen LogP contribution in [0, 0.1) is 11.8 Å². The first-order valence-corrected chi connectivity index (χ1v) is 6.23. The third-order valence-corrected chi connectivity index (χ3v) is 3.43. The van der Waals surface area contributed by atoms with E-state index >= 15 is 0 Å². The molecule has 0 radical (unpaired) electrons. The van der Waals surface area contributed by atoms with E-state index in [1.807, 2.05) is 0 Å². The number of rotatable bonds is 4. The van der Waals surface area contributed by atoms with Crippen molar-refractivity contribution in [1.82, 2.24) is 0 Å². The molecule has 0 saturated heterocycles. The van der Waals surface area contributed by atoms with E-state index in [-0.39, 0.29) is 29.1 Å². The fraction of sp³-hybridized carbons (Fsp3) is 0.692. The first-order valence-electron chi connectivity index (χ1n) is 6.23. The molecule has 5 heteroatoms.